The van der Waals surface area contributed by atoms with Crippen molar-refractivity contribution in [2.75, 3.05) is 18.0 Å². The van der Waals surface area contributed by atoms with Crippen LogP contribution in [-0.4, -0.2) is 27.4 Å². The predicted molar refractivity (Wildman–Crippen MR) is 98.1 cm³/mol. The number of sulfonamides is 1. The van der Waals surface area contributed by atoms with Gasteiger partial charge in [-0.1, -0.05) is 32.0 Å². The maximum atomic E-state index is 12.1. The van der Waals surface area contributed by atoms with Gasteiger partial charge in [-0.3, -0.25) is 4.79 Å². The van der Waals surface area contributed by atoms with Gasteiger partial charge in [0.15, 0.2) is 0 Å². The Labute approximate surface area is 147 Å². The highest BCUT2D eigenvalue weighted by Crippen LogP contribution is 2.20. The Morgan fingerprint density at radius 3 is 2.38 bits per heavy atom. The lowest BCUT2D eigenvalue weighted by atomic mass is 10.0. The minimum atomic E-state index is -3.51. The van der Waals surface area contributed by atoms with Gasteiger partial charge < -0.3 is 4.90 Å². The Kier molecular flexibility index (Phi) is 6.15. The molecule has 0 atom stereocenters. The fourth-order valence-electron chi connectivity index (χ4n) is 2.29. The van der Waals surface area contributed by atoms with Gasteiger partial charge in [0.25, 0.3) is 0 Å². The number of hydrogen-bond acceptors (Lipinski definition) is 4. The van der Waals surface area contributed by atoms with E-state index in [9.17, 15) is 13.2 Å². The van der Waals surface area contributed by atoms with Crippen molar-refractivity contribution in [2.24, 2.45) is 0 Å². The quantitative estimate of drug-likeness (QED) is 0.818. The van der Waals surface area contributed by atoms with E-state index in [2.05, 4.69) is 18.6 Å². The molecule has 0 aliphatic rings. The van der Waals surface area contributed by atoms with Gasteiger partial charge >= 0.3 is 0 Å². The molecule has 0 bridgehead atoms. The van der Waals surface area contributed by atoms with E-state index < -0.39 is 10.0 Å². The van der Waals surface area contributed by atoms with Crippen LogP contribution in [0.5, 0.6) is 0 Å². The molecule has 2 rings (SSSR count). The number of nitrogens with one attached hydrogen (secondary N) is 1. The van der Waals surface area contributed by atoms with Crippen LogP contribution in [0.4, 0.5) is 5.69 Å². The van der Waals surface area contributed by atoms with Crippen LogP contribution in [0.2, 0.25) is 0 Å². The summed E-state index contributed by atoms with van der Waals surface area (Å²) in [4.78, 5) is 13.5. The number of hydrogen-bond donors (Lipinski definition) is 1. The van der Waals surface area contributed by atoms with E-state index >= 15 is 0 Å². The average Bonchev–Trinajstić information content (AvgIpc) is 3.06. The molecule has 0 unspecified atom stereocenters. The summed E-state index contributed by atoms with van der Waals surface area (Å²) < 4.78 is 27.0. The zero-order valence-electron chi connectivity index (χ0n) is 14.0. The van der Waals surface area contributed by atoms with Crippen molar-refractivity contribution in [3.8, 4) is 0 Å². The number of carbonyl (C=O) groups excluding carboxylic acids is 1. The molecular weight excluding hydrogens is 344 g/mol. The number of rotatable bonds is 7. The summed E-state index contributed by atoms with van der Waals surface area (Å²) in [5.41, 5.74) is 1.96. The van der Waals surface area contributed by atoms with Gasteiger partial charge in [-0.15, -0.1) is 11.3 Å². The largest absolute Gasteiger partial charge is 0.311 e. The molecule has 1 amide bonds. The van der Waals surface area contributed by atoms with E-state index in [4.69, 9.17) is 0 Å². The molecule has 5 nitrogen and oxygen atoms in total. The summed E-state index contributed by atoms with van der Waals surface area (Å²) >= 11 is 1.16. The summed E-state index contributed by atoms with van der Waals surface area (Å²) in [6.45, 7) is 6.13. The Bertz CT molecular complexity index is 767. The summed E-state index contributed by atoms with van der Waals surface area (Å²) in [5.74, 6) is 0.296. The first kappa shape index (κ1) is 18.6. The molecule has 0 saturated heterocycles. The highest BCUT2D eigenvalue weighted by atomic mass is 32.2. The standard InChI is InChI=1S/C17H22N2O3S2/c1-13(2)15-6-8-16(9-7-15)19(14(3)20)11-10-18-24(21,22)17-5-4-12-23-17/h4-9,12-13,18H,10-11H2,1-3H3. The monoisotopic (exact) mass is 366 g/mol. The van der Waals surface area contributed by atoms with Crippen LogP contribution in [0.15, 0.2) is 46.0 Å². The molecule has 1 aromatic heterocycles. The van der Waals surface area contributed by atoms with Crippen molar-refractivity contribution >= 4 is 33.0 Å². The SMILES string of the molecule is CC(=O)N(CCNS(=O)(=O)c1cccs1)c1ccc(C(C)C)cc1. The van der Waals surface area contributed by atoms with Crippen molar-refractivity contribution in [1.82, 2.24) is 4.72 Å². The second-order valence-electron chi connectivity index (χ2n) is 5.75. The van der Waals surface area contributed by atoms with Crippen LogP contribution < -0.4 is 9.62 Å². The lowest BCUT2D eigenvalue weighted by Gasteiger charge is -2.22. The first-order valence-electron chi connectivity index (χ1n) is 7.72. The number of benzene rings is 1. The molecule has 7 heteroatoms. The van der Waals surface area contributed by atoms with E-state index in [1.807, 2.05) is 24.3 Å². The summed E-state index contributed by atoms with van der Waals surface area (Å²) in [6, 6.07) is 11.0. The molecule has 0 aliphatic heterocycles. The molecule has 0 fully saturated rings. The second kappa shape index (κ2) is 7.92. The third kappa shape index (κ3) is 4.66. The molecular formula is C17H22N2O3S2. The molecule has 24 heavy (non-hydrogen) atoms. The van der Waals surface area contributed by atoms with Crippen molar-refractivity contribution in [2.45, 2.75) is 30.9 Å². The summed E-state index contributed by atoms with van der Waals surface area (Å²) in [7, 11) is -3.51. The first-order valence-corrected chi connectivity index (χ1v) is 10.1. The molecule has 1 heterocycles. The van der Waals surface area contributed by atoms with Gasteiger partial charge in [0, 0.05) is 25.7 Å². The lowest BCUT2D eigenvalue weighted by Crippen LogP contribution is -2.37. The van der Waals surface area contributed by atoms with E-state index in [1.54, 1.807) is 22.4 Å². The van der Waals surface area contributed by atoms with Crippen LogP contribution >= 0.6 is 11.3 Å². The smallest absolute Gasteiger partial charge is 0.250 e. The Balaban J connectivity index is 2.03. The zero-order valence-corrected chi connectivity index (χ0v) is 15.7. The molecule has 1 N–H and O–H groups in total. The maximum absolute atomic E-state index is 12.1. The lowest BCUT2D eigenvalue weighted by molar-refractivity contribution is -0.116. The third-order valence-corrected chi connectivity index (χ3v) is 6.50. The normalized spacial score (nSPS) is 11.7. The molecule has 1 aromatic carbocycles. The molecule has 2 aromatic rings. The third-order valence-electron chi connectivity index (χ3n) is 3.64. The van der Waals surface area contributed by atoms with Gasteiger partial charge in [0.1, 0.15) is 4.21 Å². The van der Waals surface area contributed by atoms with Gasteiger partial charge in [-0.25, -0.2) is 13.1 Å². The zero-order chi connectivity index (χ0) is 17.7. The predicted octanol–water partition coefficient (Wildman–Crippen LogP) is 3.20. The Hall–Kier alpha value is -1.70. The summed E-state index contributed by atoms with van der Waals surface area (Å²) in [5, 5.41) is 1.71. The van der Waals surface area contributed by atoms with Crippen LogP contribution in [0, 0.1) is 0 Å². The molecule has 130 valence electrons. The van der Waals surface area contributed by atoms with E-state index in [0.29, 0.717) is 5.92 Å². The van der Waals surface area contributed by atoms with Crippen molar-refractivity contribution in [1.29, 1.82) is 0 Å². The van der Waals surface area contributed by atoms with E-state index in [-0.39, 0.29) is 23.2 Å². The molecule has 0 saturated carbocycles. The van der Waals surface area contributed by atoms with Crippen molar-refractivity contribution in [3.05, 3.63) is 47.3 Å². The number of anilines is 1. The maximum Gasteiger partial charge on any atom is 0.250 e. The topological polar surface area (TPSA) is 66.5 Å². The Morgan fingerprint density at radius 2 is 1.88 bits per heavy atom. The Morgan fingerprint density at radius 1 is 1.21 bits per heavy atom. The minimum Gasteiger partial charge on any atom is -0.311 e. The van der Waals surface area contributed by atoms with Crippen LogP contribution in [-0.2, 0) is 14.8 Å². The number of carbonyl (C=O) groups is 1. The van der Waals surface area contributed by atoms with Crippen LogP contribution in [0.3, 0.4) is 0 Å². The molecule has 0 spiro atoms. The second-order valence-corrected chi connectivity index (χ2v) is 8.69. The van der Waals surface area contributed by atoms with E-state index in [1.165, 1.54) is 12.5 Å². The van der Waals surface area contributed by atoms with Gasteiger partial charge in [-0.05, 0) is 35.1 Å². The van der Waals surface area contributed by atoms with E-state index in [0.717, 1.165) is 17.0 Å². The van der Waals surface area contributed by atoms with Crippen LogP contribution in [0.25, 0.3) is 0 Å². The number of thiophene rings is 1. The summed E-state index contributed by atoms with van der Waals surface area (Å²) in [6.07, 6.45) is 0. The first-order chi connectivity index (χ1) is 11.3. The highest BCUT2D eigenvalue weighted by molar-refractivity contribution is 7.91. The fourth-order valence-corrected chi connectivity index (χ4v) is 4.35. The minimum absolute atomic E-state index is 0.123. The number of nitrogens with zero attached hydrogens (tertiary/aromatic N) is 1. The van der Waals surface area contributed by atoms with Gasteiger partial charge in [0.2, 0.25) is 15.9 Å². The molecule has 0 radical (unpaired) electrons. The number of amides is 1. The molecule has 0 aliphatic carbocycles. The van der Waals surface area contributed by atoms with Crippen LogP contribution in [0.1, 0.15) is 32.3 Å². The van der Waals surface area contributed by atoms with Crippen molar-refractivity contribution in [3.63, 3.8) is 0 Å². The fraction of sp³-hybridized carbons (Fsp3) is 0.353. The van der Waals surface area contributed by atoms with Gasteiger partial charge in [0.05, 0.1) is 0 Å². The van der Waals surface area contributed by atoms with Gasteiger partial charge in [-0.2, -0.15) is 0 Å². The van der Waals surface area contributed by atoms with Crippen molar-refractivity contribution < 1.29 is 13.2 Å². The average molecular weight is 367 g/mol. The highest BCUT2D eigenvalue weighted by Gasteiger charge is 2.17.